The minimum Gasteiger partial charge on any atom is -0.489 e. The Labute approximate surface area is 222 Å². The van der Waals surface area contributed by atoms with Crippen LogP contribution in [0.15, 0.2) is 42.7 Å². The number of hydrogen-bond acceptors (Lipinski definition) is 8. The Bertz CT molecular complexity index is 1370. The Morgan fingerprint density at radius 2 is 2.08 bits per heavy atom. The molecule has 0 aliphatic carbocycles. The second-order valence-electron chi connectivity index (χ2n) is 9.48. The molecule has 10 nitrogen and oxygen atoms in total. The number of aryl methyl sites for hydroxylation is 1. The van der Waals surface area contributed by atoms with Crippen molar-refractivity contribution in [1.29, 1.82) is 0 Å². The van der Waals surface area contributed by atoms with Crippen LogP contribution in [0.25, 0.3) is 11.4 Å². The van der Waals surface area contributed by atoms with E-state index in [0.29, 0.717) is 29.4 Å². The predicted molar refractivity (Wildman–Crippen MR) is 137 cm³/mol. The quantitative estimate of drug-likeness (QED) is 0.430. The number of piperidine rings is 1. The van der Waals surface area contributed by atoms with Crippen molar-refractivity contribution in [3.8, 4) is 17.1 Å². The number of pyridine rings is 1. The Morgan fingerprint density at radius 3 is 2.85 bits per heavy atom. The molecule has 0 spiro atoms. The molecule has 5 rings (SSSR count). The standard InChI is InChI=1S/C26H27F3N6O4/c1-15-22-24(33-23(31-15)16-4-2-5-17(8-16)26(27,28)29)35(19-6-3-7-34(22)12-19)25(38)32-18-9-21(11-30-10-18)39-14-20(37)13-36/h2,4-5,8-11,19-20,36-37H,3,6-7,12-14H2,1H3,(H,32,38)/t19?,20-/m1/s1. The first kappa shape index (κ1) is 26.6. The zero-order valence-electron chi connectivity index (χ0n) is 21.0. The first-order valence-corrected chi connectivity index (χ1v) is 12.4. The first-order valence-electron chi connectivity index (χ1n) is 12.4. The molecule has 206 valence electrons. The maximum atomic E-state index is 13.6. The van der Waals surface area contributed by atoms with E-state index in [9.17, 15) is 23.1 Å². The van der Waals surface area contributed by atoms with Gasteiger partial charge in [-0.3, -0.25) is 9.88 Å². The van der Waals surface area contributed by atoms with Crippen molar-refractivity contribution in [2.24, 2.45) is 0 Å². The summed E-state index contributed by atoms with van der Waals surface area (Å²) in [4.78, 5) is 30.5. The van der Waals surface area contributed by atoms with E-state index in [4.69, 9.17) is 9.84 Å². The van der Waals surface area contributed by atoms with Crippen LogP contribution >= 0.6 is 0 Å². The fourth-order valence-electron chi connectivity index (χ4n) is 4.85. The van der Waals surface area contributed by atoms with Gasteiger partial charge in [0.05, 0.1) is 42.0 Å². The number of urea groups is 1. The minimum absolute atomic E-state index is 0.0934. The summed E-state index contributed by atoms with van der Waals surface area (Å²) in [6.07, 6.45) is -1.16. The third kappa shape index (κ3) is 5.59. The number of aliphatic hydroxyl groups is 2. The van der Waals surface area contributed by atoms with E-state index in [1.807, 2.05) is 0 Å². The lowest BCUT2D eigenvalue weighted by molar-refractivity contribution is -0.137. The second kappa shape index (κ2) is 10.7. The van der Waals surface area contributed by atoms with Gasteiger partial charge in [0.25, 0.3) is 0 Å². The molecule has 1 saturated heterocycles. The van der Waals surface area contributed by atoms with Gasteiger partial charge in [-0.2, -0.15) is 13.2 Å². The molecule has 1 fully saturated rings. The summed E-state index contributed by atoms with van der Waals surface area (Å²) in [6, 6.07) is 5.65. The summed E-state index contributed by atoms with van der Waals surface area (Å²) >= 11 is 0. The van der Waals surface area contributed by atoms with E-state index in [2.05, 4.69) is 25.2 Å². The molecule has 2 aromatic heterocycles. The van der Waals surface area contributed by atoms with Gasteiger partial charge in [0.1, 0.15) is 24.1 Å². The van der Waals surface area contributed by atoms with E-state index < -0.39 is 30.5 Å². The van der Waals surface area contributed by atoms with E-state index >= 15 is 0 Å². The Kier molecular flexibility index (Phi) is 7.28. The van der Waals surface area contributed by atoms with Crippen LogP contribution in [0.5, 0.6) is 5.75 Å². The van der Waals surface area contributed by atoms with E-state index in [0.717, 1.165) is 31.5 Å². The molecule has 3 N–H and O–H groups in total. The number of anilines is 3. The highest BCUT2D eigenvalue weighted by molar-refractivity contribution is 6.04. The van der Waals surface area contributed by atoms with Crippen molar-refractivity contribution < 1.29 is 32.9 Å². The van der Waals surface area contributed by atoms with Gasteiger partial charge in [0.15, 0.2) is 11.6 Å². The zero-order valence-corrected chi connectivity index (χ0v) is 21.0. The van der Waals surface area contributed by atoms with Crippen molar-refractivity contribution in [3.05, 3.63) is 54.0 Å². The van der Waals surface area contributed by atoms with Crippen molar-refractivity contribution in [3.63, 3.8) is 0 Å². The summed E-state index contributed by atoms with van der Waals surface area (Å²) in [6.45, 7) is 2.49. The molecule has 0 radical (unpaired) electrons. The number of rotatable bonds is 6. The summed E-state index contributed by atoms with van der Waals surface area (Å²) in [5.74, 6) is 0.707. The van der Waals surface area contributed by atoms with Crippen LogP contribution in [0.2, 0.25) is 0 Å². The molecular weight excluding hydrogens is 517 g/mol. The molecule has 3 aromatic rings. The number of nitrogens with one attached hydrogen (secondary N) is 1. The van der Waals surface area contributed by atoms with Crippen molar-refractivity contribution in [2.45, 2.75) is 38.1 Å². The normalized spacial score (nSPS) is 17.4. The number of amides is 2. The molecule has 39 heavy (non-hydrogen) atoms. The lowest BCUT2D eigenvalue weighted by Gasteiger charge is -2.46. The Balaban J connectivity index is 1.48. The molecule has 2 bridgehead atoms. The highest BCUT2D eigenvalue weighted by Crippen LogP contribution is 2.41. The number of aliphatic hydroxyl groups excluding tert-OH is 2. The molecule has 2 amide bonds. The topological polar surface area (TPSA) is 124 Å². The number of halogens is 3. The largest absolute Gasteiger partial charge is 0.489 e. The molecule has 2 atom stereocenters. The fourth-order valence-corrected chi connectivity index (χ4v) is 4.85. The first-order chi connectivity index (χ1) is 18.6. The zero-order chi connectivity index (χ0) is 27.7. The van der Waals surface area contributed by atoms with E-state index in [-0.39, 0.29) is 29.8 Å². The SMILES string of the molecule is Cc1nc(-c2cccc(C(F)(F)F)c2)nc2c1N1CCCC(C1)N2C(=O)Nc1cncc(OC[C@H](O)CO)c1. The summed E-state index contributed by atoms with van der Waals surface area (Å²) in [5, 5.41) is 21.3. The lowest BCUT2D eigenvalue weighted by Crippen LogP contribution is -2.56. The highest BCUT2D eigenvalue weighted by Gasteiger charge is 2.40. The predicted octanol–water partition coefficient (Wildman–Crippen LogP) is 3.62. The maximum Gasteiger partial charge on any atom is 0.416 e. The number of alkyl halides is 3. The van der Waals surface area contributed by atoms with Gasteiger partial charge >= 0.3 is 12.2 Å². The molecule has 2 aliphatic rings. The smallest absolute Gasteiger partial charge is 0.416 e. The van der Waals surface area contributed by atoms with Crippen LogP contribution in [0, 0.1) is 6.92 Å². The van der Waals surface area contributed by atoms with Crippen LogP contribution in [0.3, 0.4) is 0 Å². The average Bonchev–Trinajstić information content (AvgIpc) is 2.91. The number of nitrogens with zero attached hydrogens (tertiary/aromatic N) is 5. The number of ether oxygens (including phenoxy) is 1. The van der Waals surface area contributed by atoms with E-state index in [1.54, 1.807) is 11.8 Å². The van der Waals surface area contributed by atoms with Gasteiger partial charge in [-0.15, -0.1) is 0 Å². The number of aromatic nitrogens is 3. The van der Waals surface area contributed by atoms with Gasteiger partial charge in [0, 0.05) is 24.7 Å². The van der Waals surface area contributed by atoms with Gasteiger partial charge < -0.3 is 25.2 Å². The van der Waals surface area contributed by atoms with Gasteiger partial charge in [-0.1, -0.05) is 12.1 Å². The van der Waals surface area contributed by atoms with Crippen LogP contribution in [-0.2, 0) is 6.18 Å². The Hall–Kier alpha value is -3.97. The molecule has 2 aliphatic heterocycles. The van der Waals surface area contributed by atoms with Crippen LogP contribution in [-0.4, -0.2) is 69.6 Å². The molecule has 0 saturated carbocycles. The van der Waals surface area contributed by atoms with Crippen molar-refractivity contribution in [2.75, 3.05) is 41.4 Å². The van der Waals surface area contributed by atoms with Gasteiger partial charge in [-0.25, -0.2) is 14.8 Å². The number of carbonyl (C=O) groups is 1. The highest BCUT2D eigenvalue weighted by atomic mass is 19.4. The summed E-state index contributed by atoms with van der Waals surface area (Å²) in [5.41, 5.74) is 0.950. The number of hydrogen-bond donors (Lipinski definition) is 3. The monoisotopic (exact) mass is 544 g/mol. The third-order valence-corrected chi connectivity index (χ3v) is 6.63. The summed E-state index contributed by atoms with van der Waals surface area (Å²) < 4.78 is 45.5. The molecule has 13 heteroatoms. The lowest BCUT2D eigenvalue weighted by atomic mass is 9.99. The maximum absolute atomic E-state index is 13.6. The molecule has 1 aromatic carbocycles. The molecule has 4 heterocycles. The van der Waals surface area contributed by atoms with E-state index in [1.165, 1.54) is 30.6 Å². The number of carbonyl (C=O) groups excluding carboxylic acids is 1. The molecular formula is C26H27F3N6O4. The van der Waals surface area contributed by atoms with Gasteiger partial charge in [0.2, 0.25) is 0 Å². The number of benzene rings is 1. The van der Waals surface area contributed by atoms with Gasteiger partial charge in [-0.05, 0) is 31.9 Å². The average molecular weight is 545 g/mol. The third-order valence-electron chi connectivity index (χ3n) is 6.63. The minimum atomic E-state index is -4.52. The second-order valence-corrected chi connectivity index (χ2v) is 9.48. The number of fused-ring (bicyclic) bond motifs is 4. The van der Waals surface area contributed by atoms with Crippen LogP contribution in [0.1, 0.15) is 24.1 Å². The summed E-state index contributed by atoms with van der Waals surface area (Å²) in [7, 11) is 0. The molecule has 1 unspecified atom stereocenters. The Morgan fingerprint density at radius 1 is 1.26 bits per heavy atom. The van der Waals surface area contributed by atoms with Crippen molar-refractivity contribution >= 4 is 23.2 Å². The fraction of sp³-hybridized carbons (Fsp3) is 0.385. The van der Waals surface area contributed by atoms with Crippen LogP contribution < -0.4 is 19.9 Å². The van der Waals surface area contributed by atoms with Crippen LogP contribution in [0.4, 0.5) is 35.2 Å². The van der Waals surface area contributed by atoms with Crippen molar-refractivity contribution in [1.82, 2.24) is 15.0 Å².